The van der Waals surface area contributed by atoms with E-state index in [1.54, 1.807) is 13.1 Å². The fourth-order valence-corrected chi connectivity index (χ4v) is 4.55. The maximum Gasteiger partial charge on any atom is 0.225 e. The molecule has 0 spiro atoms. The Kier molecular flexibility index (Phi) is 6.37. The van der Waals surface area contributed by atoms with Gasteiger partial charge in [0.1, 0.15) is 12.4 Å². The Morgan fingerprint density at radius 3 is 2.67 bits per heavy atom. The van der Waals surface area contributed by atoms with E-state index in [9.17, 15) is 4.79 Å². The fourth-order valence-electron chi connectivity index (χ4n) is 4.23. The van der Waals surface area contributed by atoms with Gasteiger partial charge < -0.3 is 10.1 Å². The van der Waals surface area contributed by atoms with Crippen LogP contribution in [-0.2, 0) is 17.8 Å². The maximum atomic E-state index is 11.7. The first-order valence-electron chi connectivity index (χ1n) is 10.3. The van der Waals surface area contributed by atoms with Crippen LogP contribution in [-0.4, -0.2) is 37.5 Å². The first-order chi connectivity index (χ1) is 14.4. The van der Waals surface area contributed by atoms with Crippen LogP contribution < -0.4 is 10.1 Å². The first kappa shape index (κ1) is 21.2. The molecule has 2 aromatic carbocycles. The van der Waals surface area contributed by atoms with Crippen molar-refractivity contribution in [3.63, 3.8) is 0 Å². The summed E-state index contributed by atoms with van der Waals surface area (Å²) in [5, 5.41) is 3.83. The summed E-state index contributed by atoms with van der Waals surface area (Å²) in [6.07, 6.45) is 2.06. The van der Waals surface area contributed by atoms with Crippen molar-refractivity contribution < 1.29 is 9.53 Å². The van der Waals surface area contributed by atoms with Crippen molar-refractivity contribution in [2.75, 3.05) is 26.7 Å². The number of allylic oxidation sites excluding steroid dienone is 1. The van der Waals surface area contributed by atoms with Crippen molar-refractivity contribution in [3.05, 3.63) is 68.7 Å². The summed E-state index contributed by atoms with van der Waals surface area (Å²) >= 11 is 12.1. The molecule has 4 nitrogen and oxygen atoms in total. The quantitative estimate of drug-likeness (QED) is 0.683. The summed E-state index contributed by atoms with van der Waals surface area (Å²) < 4.78 is 5.99. The minimum atomic E-state index is 0.141. The first-order valence-corrected chi connectivity index (χ1v) is 11.0. The van der Waals surface area contributed by atoms with Gasteiger partial charge in [-0.2, -0.15) is 0 Å². The average molecular weight is 445 g/mol. The summed E-state index contributed by atoms with van der Waals surface area (Å²) in [6, 6.07) is 11.9. The number of fused-ring (bicyclic) bond motifs is 1. The standard InChI is InChI=1S/C24H26Cl2N2O2/c1-15-18(11-28-12-19(13-28)24(29)27-2)5-4-17-10-20(6-7-21(15)17)30-14-16-3-8-22(25)23(26)9-16/h3,6-10,19H,4-5,11-14H2,1-2H3,(H,27,29). The zero-order valence-corrected chi connectivity index (χ0v) is 18.8. The van der Waals surface area contributed by atoms with Crippen LogP contribution >= 0.6 is 23.2 Å². The number of hydrogen-bond acceptors (Lipinski definition) is 3. The van der Waals surface area contributed by atoms with Gasteiger partial charge in [0.05, 0.1) is 16.0 Å². The van der Waals surface area contributed by atoms with Gasteiger partial charge in [-0.05, 0) is 66.3 Å². The molecule has 0 bridgehead atoms. The van der Waals surface area contributed by atoms with Gasteiger partial charge in [-0.1, -0.05) is 40.9 Å². The number of hydrogen-bond donors (Lipinski definition) is 1. The van der Waals surface area contributed by atoms with Gasteiger partial charge in [0.25, 0.3) is 0 Å². The number of rotatable bonds is 6. The Morgan fingerprint density at radius 2 is 1.93 bits per heavy atom. The fraction of sp³-hybridized carbons (Fsp3) is 0.375. The van der Waals surface area contributed by atoms with E-state index in [2.05, 4.69) is 29.3 Å². The predicted molar refractivity (Wildman–Crippen MR) is 122 cm³/mol. The smallest absolute Gasteiger partial charge is 0.225 e. The minimum Gasteiger partial charge on any atom is -0.489 e. The Bertz CT molecular complexity index is 997. The Labute approximate surface area is 187 Å². The van der Waals surface area contributed by atoms with E-state index in [4.69, 9.17) is 27.9 Å². The number of halogens is 2. The molecule has 2 aromatic rings. The molecule has 1 amide bonds. The molecule has 4 rings (SSSR count). The number of ether oxygens (including phenoxy) is 1. The molecular formula is C24H26Cl2N2O2. The zero-order chi connectivity index (χ0) is 21.3. The van der Waals surface area contributed by atoms with E-state index in [0.29, 0.717) is 16.7 Å². The van der Waals surface area contributed by atoms with Gasteiger partial charge in [0.2, 0.25) is 5.91 Å². The third-order valence-electron chi connectivity index (χ3n) is 6.09. The predicted octanol–water partition coefficient (Wildman–Crippen LogP) is 4.97. The second kappa shape index (κ2) is 9.01. The molecule has 1 saturated heterocycles. The van der Waals surface area contributed by atoms with E-state index in [0.717, 1.165) is 43.8 Å². The number of likely N-dealkylation sites (tertiary alicyclic amines) is 1. The van der Waals surface area contributed by atoms with E-state index < -0.39 is 0 Å². The third-order valence-corrected chi connectivity index (χ3v) is 6.82. The number of benzene rings is 2. The summed E-state index contributed by atoms with van der Waals surface area (Å²) in [6.45, 7) is 5.32. The molecule has 1 heterocycles. The van der Waals surface area contributed by atoms with Gasteiger partial charge in [-0.3, -0.25) is 9.69 Å². The molecule has 1 aliphatic carbocycles. The van der Waals surface area contributed by atoms with Crippen LogP contribution in [0.15, 0.2) is 42.0 Å². The van der Waals surface area contributed by atoms with Crippen LogP contribution in [0.2, 0.25) is 10.0 Å². The van der Waals surface area contributed by atoms with Crippen LogP contribution in [0.1, 0.15) is 30.0 Å². The van der Waals surface area contributed by atoms with Crippen molar-refractivity contribution in [1.82, 2.24) is 10.2 Å². The lowest BCUT2D eigenvalue weighted by molar-refractivity contribution is -0.129. The lowest BCUT2D eigenvalue weighted by Gasteiger charge is -2.39. The Hall–Kier alpha value is -2.01. The van der Waals surface area contributed by atoms with Gasteiger partial charge in [0, 0.05) is 26.7 Å². The SMILES string of the molecule is CNC(=O)C1CN(CC2=C(C)c3ccc(OCc4ccc(Cl)c(Cl)c4)cc3CC2)C1. The second-order valence-electron chi connectivity index (χ2n) is 8.09. The van der Waals surface area contributed by atoms with Crippen molar-refractivity contribution >= 4 is 34.7 Å². The summed E-state index contributed by atoms with van der Waals surface area (Å²) in [5.41, 5.74) is 6.46. The normalized spacial score (nSPS) is 16.8. The van der Waals surface area contributed by atoms with Crippen LogP contribution in [0.4, 0.5) is 0 Å². The van der Waals surface area contributed by atoms with E-state index >= 15 is 0 Å². The van der Waals surface area contributed by atoms with Crippen LogP contribution in [0, 0.1) is 5.92 Å². The number of nitrogens with zero attached hydrogens (tertiary/aromatic N) is 1. The monoisotopic (exact) mass is 444 g/mol. The van der Waals surface area contributed by atoms with Gasteiger partial charge in [-0.15, -0.1) is 0 Å². The molecule has 0 radical (unpaired) electrons. The van der Waals surface area contributed by atoms with Gasteiger partial charge in [-0.25, -0.2) is 0 Å². The molecule has 0 atom stereocenters. The molecule has 0 aromatic heterocycles. The lowest BCUT2D eigenvalue weighted by Crippen LogP contribution is -2.53. The second-order valence-corrected chi connectivity index (χ2v) is 8.90. The molecular weight excluding hydrogens is 419 g/mol. The molecule has 0 unspecified atom stereocenters. The van der Waals surface area contributed by atoms with E-state index in [1.807, 2.05) is 18.2 Å². The van der Waals surface area contributed by atoms with Crippen molar-refractivity contribution in [1.29, 1.82) is 0 Å². The van der Waals surface area contributed by atoms with Gasteiger partial charge >= 0.3 is 0 Å². The van der Waals surface area contributed by atoms with Crippen LogP contribution in [0.3, 0.4) is 0 Å². The highest BCUT2D eigenvalue weighted by Gasteiger charge is 2.32. The number of amides is 1. The van der Waals surface area contributed by atoms with Crippen LogP contribution in [0.25, 0.3) is 5.57 Å². The minimum absolute atomic E-state index is 0.141. The molecule has 2 aliphatic rings. The number of carbonyl (C=O) groups is 1. The van der Waals surface area contributed by atoms with Crippen molar-refractivity contribution in [3.8, 4) is 5.75 Å². The molecule has 0 saturated carbocycles. The maximum absolute atomic E-state index is 11.7. The average Bonchev–Trinajstić information content (AvgIpc) is 2.72. The molecule has 6 heteroatoms. The Balaban J connectivity index is 1.39. The molecule has 1 aliphatic heterocycles. The highest BCUT2D eigenvalue weighted by molar-refractivity contribution is 6.42. The molecule has 158 valence electrons. The third kappa shape index (κ3) is 4.51. The summed E-state index contributed by atoms with van der Waals surface area (Å²) in [5.74, 6) is 1.16. The molecule has 30 heavy (non-hydrogen) atoms. The largest absolute Gasteiger partial charge is 0.489 e. The van der Waals surface area contributed by atoms with Crippen LogP contribution in [0.5, 0.6) is 5.75 Å². The Morgan fingerprint density at radius 1 is 1.13 bits per heavy atom. The van der Waals surface area contributed by atoms with Crippen molar-refractivity contribution in [2.45, 2.75) is 26.4 Å². The topological polar surface area (TPSA) is 41.6 Å². The van der Waals surface area contributed by atoms with E-state index in [1.165, 1.54) is 22.3 Å². The molecule has 1 fully saturated rings. The highest BCUT2D eigenvalue weighted by Crippen LogP contribution is 2.35. The number of aryl methyl sites for hydroxylation is 1. The molecule has 1 N–H and O–H groups in total. The number of nitrogens with one attached hydrogen (secondary N) is 1. The highest BCUT2D eigenvalue weighted by atomic mass is 35.5. The number of carbonyl (C=O) groups excluding carboxylic acids is 1. The lowest BCUT2D eigenvalue weighted by atomic mass is 9.85. The van der Waals surface area contributed by atoms with Gasteiger partial charge in [0.15, 0.2) is 0 Å². The summed E-state index contributed by atoms with van der Waals surface area (Å²) in [7, 11) is 1.71. The van der Waals surface area contributed by atoms with Crippen molar-refractivity contribution in [2.24, 2.45) is 5.92 Å². The zero-order valence-electron chi connectivity index (χ0n) is 17.3. The summed E-state index contributed by atoms with van der Waals surface area (Å²) in [4.78, 5) is 14.1. The van der Waals surface area contributed by atoms with E-state index in [-0.39, 0.29) is 11.8 Å².